The van der Waals surface area contributed by atoms with Gasteiger partial charge in [0.25, 0.3) is 5.91 Å². The van der Waals surface area contributed by atoms with Crippen molar-refractivity contribution in [2.45, 2.75) is 6.54 Å². The van der Waals surface area contributed by atoms with Crippen LogP contribution in [0.2, 0.25) is 0 Å². The van der Waals surface area contributed by atoms with Crippen molar-refractivity contribution < 1.29 is 18.8 Å². The molecule has 0 saturated carbocycles. The van der Waals surface area contributed by atoms with Crippen LogP contribution in [0, 0.1) is 0 Å². The summed E-state index contributed by atoms with van der Waals surface area (Å²) in [7, 11) is 3.64. The number of likely N-dealkylation sites (N-methyl/N-ethyl adjacent to an activating group) is 1. The Morgan fingerprint density at radius 1 is 1.03 bits per heavy atom. The van der Waals surface area contributed by atoms with Gasteiger partial charge in [-0.05, 0) is 36.9 Å². The van der Waals surface area contributed by atoms with Gasteiger partial charge in [0.2, 0.25) is 5.91 Å². The Hall–Kier alpha value is -3.65. The quantitative estimate of drug-likeness (QED) is 0.553. The molecule has 0 bridgehead atoms. The van der Waals surface area contributed by atoms with Crippen molar-refractivity contribution in [3.8, 4) is 17.1 Å². The fourth-order valence-corrected chi connectivity index (χ4v) is 3.75. The van der Waals surface area contributed by atoms with Crippen molar-refractivity contribution in [1.29, 1.82) is 0 Å². The predicted molar refractivity (Wildman–Crippen MR) is 124 cm³/mol. The fourth-order valence-electron chi connectivity index (χ4n) is 3.75. The molecular weight excluding hydrogens is 420 g/mol. The summed E-state index contributed by atoms with van der Waals surface area (Å²) in [6.07, 6.45) is 0. The van der Waals surface area contributed by atoms with E-state index in [2.05, 4.69) is 10.1 Å². The van der Waals surface area contributed by atoms with E-state index in [1.807, 2.05) is 66.5 Å². The molecule has 0 spiro atoms. The largest absolute Gasteiger partial charge is 0.497 e. The highest BCUT2D eigenvalue weighted by Crippen LogP contribution is 2.24. The molecule has 0 aliphatic carbocycles. The number of carbonyl (C=O) groups is 2. The summed E-state index contributed by atoms with van der Waals surface area (Å²) in [5, 5.41) is 4.00. The van der Waals surface area contributed by atoms with Crippen molar-refractivity contribution in [1.82, 2.24) is 19.9 Å². The standard InChI is InChI=1S/C25H28N4O4/c1-27-12-14-28(15-13-27)24(30)18-29(17-19-6-4-3-5-7-19)25(31)22-16-23(33-26-22)20-8-10-21(32-2)11-9-20/h3-11,16H,12-15,17-18H2,1-2H3. The molecule has 0 radical (unpaired) electrons. The molecule has 2 heterocycles. The van der Waals surface area contributed by atoms with Crippen molar-refractivity contribution in [2.24, 2.45) is 0 Å². The van der Waals surface area contributed by atoms with E-state index in [4.69, 9.17) is 9.26 Å². The van der Waals surface area contributed by atoms with Gasteiger partial charge in [0.1, 0.15) is 12.3 Å². The van der Waals surface area contributed by atoms with Crippen LogP contribution in [0.1, 0.15) is 16.1 Å². The van der Waals surface area contributed by atoms with Crippen LogP contribution in [0.15, 0.2) is 65.2 Å². The highest BCUT2D eigenvalue weighted by molar-refractivity contribution is 5.95. The molecule has 1 aliphatic rings. The summed E-state index contributed by atoms with van der Waals surface area (Å²) in [6, 6.07) is 18.5. The first kappa shape index (κ1) is 22.5. The minimum Gasteiger partial charge on any atom is -0.497 e. The van der Waals surface area contributed by atoms with Gasteiger partial charge in [0.15, 0.2) is 11.5 Å². The zero-order chi connectivity index (χ0) is 23.2. The highest BCUT2D eigenvalue weighted by atomic mass is 16.5. The number of hydrogen-bond donors (Lipinski definition) is 0. The van der Waals surface area contributed by atoms with E-state index < -0.39 is 0 Å². The van der Waals surface area contributed by atoms with E-state index in [9.17, 15) is 9.59 Å². The molecule has 0 N–H and O–H groups in total. The maximum absolute atomic E-state index is 13.4. The monoisotopic (exact) mass is 448 g/mol. The lowest BCUT2D eigenvalue weighted by molar-refractivity contribution is -0.133. The van der Waals surface area contributed by atoms with E-state index >= 15 is 0 Å². The number of amides is 2. The number of ether oxygens (including phenoxy) is 1. The number of methoxy groups -OCH3 is 1. The summed E-state index contributed by atoms with van der Waals surface area (Å²) < 4.78 is 10.6. The molecule has 3 aromatic rings. The number of benzene rings is 2. The number of rotatable bonds is 7. The van der Waals surface area contributed by atoms with Gasteiger partial charge in [0, 0.05) is 44.4 Å². The Morgan fingerprint density at radius 3 is 2.39 bits per heavy atom. The number of carbonyl (C=O) groups excluding carboxylic acids is 2. The van der Waals surface area contributed by atoms with Crippen molar-refractivity contribution in [2.75, 3.05) is 46.9 Å². The summed E-state index contributed by atoms with van der Waals surface area (Å²) in [5.41, 5.74) is 1.89. The lowest BCUT2D eigenvalue weighted by atomic mass is 10.1. The lowest BCUT2D eigenvalue weighted by Crippen LogP contribution is -2.50. The predicted octanol–water partition coefficient (Wildman–Crippen LogP) is 2.77. The second kappa shape index (κ2) is 10.3. The van der Waals surface area contributed by atoms with Gasteiger partial charge in [-0.25, -0.2) is 0 Å². The van der Waals surface area contributed by atoms with E-state index in [-0.39, 0.29) is 24.1 Å². The summed E-state index contributed by atoms with van der Waals surface area (Å²) >= 11 is 0. The Balaban J connectivity index is 1.52. The Bertz CT molecular complexity index is 1070. The van der Waals surface area contributed by atoms with Crippen molar-refractivity contribution in [3.63, 3.8) is 0 Å². The smallest absolute Gasteiger partial charge is 0.276 e. The molecule has 1 aromatic heterocycles. The zero-order valence-electron chi connectivity index (χ0n) is 18.9. The Kier molecular flexibility index (Phi) is 7.04. The minimum absolute atomic E-state index is 0.0117. The minimum atomic E-state index is -0.343. The highest BCUT2D eigenvalue weighted by Gasteiger charge is 2.26. The van der Waals surface area contributed by atoms with Crippen LogP contribution in [-0.2, 0) is 11.3 Å². The average Bonchev–Trinajstić information content (AvgIpc) is 3.34. The lowest BCUT2D eigenvalue weighted by Gasteiger charge is -2.34. The molecule has 2 amide bonds. The topological polar surface area (TPSA) is 79.1 Å². The SMILES string of the molecule is COc1ccc(-c2cc(C(=O)N(CC(=O)N3CCN(C)CC3)Cc3ccccc3)no2)cc1. The van der Waals surface area contributed by atoms with E-state index in [1.165, 1.54) is 4.90 Å². The van der Waals surface area contributed by atoms with Gasteiger partial charge in [-0.2, -0.15) is 0 Å². The van der Waals surface area contributed by atoms with Gasteiger partial charge >= 0.3 is 0 Å². The number of aromatic nitrogens is 1. The van der Waals surface area contributed by atoms with Crippen molar-refractivity contribution >= 4 is 11.8 Å². The first-order valence-electron chi connectivity index (χ1n) is 10.9. The molecule has 0 unspecified atom stereocenters. The van der Waals surface area contributed by atoms with Crippen LogP contribution in [0.3, 0.4) is 0 Å². The normalized spacial score (nSPS) is 14.2. The van der Waals surface area contributed by atoms with Gasteiger partial charge < -0.3 is 24.0 Å². The number of hydrogen-bond acceptors (Lipinski definition) is 6. The molecule has 33 heavy (non-hydrogen) atoms. The molecule has 0 atom stereocenters. The van der Waals surface area contributed by atoms with E-state index in [1.54, 1.807) is 13.2 Å². The molecule has 1 saturated heterocycles. The fraction of sp³-hybridized carbons (Fsp3) is 0.320. The molecular formula is C25H28N4O4. The zero-order valence-corrected chi connectivity index (χ0v) is 18.9. The maximum atomic E-state index is 13.4. The third-order valence-corrected chi connectivity index (χ3v) is 5.79. The van der Waals surface area contributed by atoms with Gasteiger partial charge in [-0.3, -0.25) is 9.59 Å². The summed E-state index contributed by atoms with van der Waals surface area (Å²) in [4.78, 5) is 31.9. The molecule has 2 aromatic carbocycles. The summed E-state index contributed by atoms with van der Waals surface area (Å²) in [6.45, 7) is 3.27. The molecule has 4 rings (SSSR count). The van der Waals surface area contributed by atoms with Crippen LogP contribution in [0.5, 0.6) is 5.75 Å². The number of nitrogens with zero attached hydrogens (tertiary/aromatic N) is 4. The van der Waals surface area contributed by atoms with Crippen LogP contribution < -0.4 is 4.74 Å². The average molecular weight is 449 g/mol. The second-order valence-electron chi connectivity index (χ2n) is 8.14. The third-order valence-electron chi connectivity index (χ3n) is 5.79. The van der Waals surface area contributed by atoms with E-state index in [0.29, 0.717) is 25.4 Å². The molecule has 8 nitrogen and oxygen atoms in total. The molecule has 8 heteroatoms. The van der Waals surface area contributed by atoms with Crippen LogP contribution in [0.25, 0.3) is 11.3 Å². The molecule has 1 fully saturated rings. The first-order chi connectivity index (χ1) is 16.0. The van der Waals surface area contributed by atoms with Crippen molar-refractivity contribution in [3.05, 3.63) is 71.9 Å². The van der Waals surface area contributed by atoms with E-state index in [0.717, 1.165) is 30.0 Å². The van der Waals surface area contributed by atoms with Gasteiger partial charge in [-0.1, -0.05) is 35.5 Å². The van der Waals surface area contributed by atoms with Gasteiger partial charge in [0.05, 0.1) is 7.11 Å². The first-order valence-corrected chi connectivity index (χ1v) is 10.9. The molecule has 1 aliphatic heterocycles. The van der Waals surface area contributed by atoms with Crippen LogP contribution >= 0.6 is 0 Å². The molecule has 172 valence electrons. The maximum Gasteiger partial charge on any atom is 0.276 e. The third kappa shape index (κ3) is 5.59. The van der Waals surface area contributed by atoms with Gasteiger partial charge in [-0.15, -0.1) is 0 Å². The summed E-state index contributed by atoms with van der Waals surface area (Å²) in [5.74, 6) is 0.799. The Morgan fingerprint density at radius 2 is 1.73 bits per heavy atom. The number of piperazine rings is 1. The van der Waals surface area contributed by atoms with Crippen LogP contribution in [0.4, 0.5) is 0 Å². The second-order valence-corrected chi connectivity index (χ2v) is 8.14. The Labute approximate surface area is 193 Å². The van der Waals surface area contributed by atoms with Crippen LogP contribution in [-0.4, -0.2) is 78.6 Å².